The number of Topliss-reactive ketones (excluding diaryl/α,β-unsaturated/α-hetero) is 1. The van der Waals surface area contributed by atoms with Gasteiger partial charge in [-0.2, -0.15) is 0 Å². The zero-order valence-electron chi connectivity index (χ0n) is 13.4. The number of benzene rings is 1. The first-order valence-corrected chi connectivity index (χ1v) is 7.86. The largest absolute Gasteiger partial charge is 0.494 e. The minimum atomic E-state index is 0.393. The van der Waals surface area contributed by atoms with Crippen LogP contribution in [-0.2, 0) is 17.6 Å². The van der Waals surface area contributed by atoms with Gasteiger partial charge in [0.2, 0.25) is 0 Å². The molecular weight excluding hydrogens is 248 g/mol. The standard InChI is InChI=1S/C18H28O2/c1-5-8-17(19)12-14(4)11-16-9-10-18(20-7-3)13-15(16)6-2/h9-10,13-14H,5-8,11-12H2,1-4H3. The smallest absolute Gasteiger partial charge is 0.133 e. The van der Waals surface area contributed by atoms with Crippen LogP contribution < -0.4 is 4.74 Å². The number of aryl methyl sites for hydroxylation is 1. The molecule has 20 heavy (non-hydrogen) atoms. The monoisotopic (exact) mass is 276 g/mol. The van der Waals surface area contributed by atoms with Crippen LogP contribution in [0.15, 0.2) is 18.2 Å². The number of ether oxygens (including phenoxy) is 1. The number of rotatable bonds is 9. The van der Waals surface area contributed by atoms with E-state index in [1.54, 1.807) is 0 Å². The molecule has 0 radical (unpaired) electrons. The second-order valence-electron chi connectivity index (χ2n) is 5.52. The van der Waals surface area contributed by atoms with E-state index in [2.05, 4.69) is 32.9 Å². The van der Waals surface area contributed by atoms with E-state index in [0.717, 1.165) is 25.0 Å². The predicted molar refractivity (Wildman–Crippen MR) is 84.4 cm³/mol. The topological polar surface area (TPSA) is 26.3 Å². The summed E-state index contributed by atoms with van der Waals surface area (Å²) in [6.45, 7) is 9.10. The molecule has 1 aromatic rings. The van der Waals surface area contributed by atoms with Crippen LogP contribution in [0.3, 0.4) is 0 Å². The summed E-state index contributed by atoms with van der Waals surface area (Å²) in [7, 11) is 0. The molecule has 0 N–H and O–H groups in total. The van der Waals surface area contributed by atoms with Gasteiger partial charge in [0, 0.05) is 12.8 Å². The minimum Gasteiger partial charge on any atom is -0.494 e. The molecule has 112 valence electrons. The maximum Gasteiger partial charge on any atom is 0.133 e. The summed E-state index contributed by atoms with van der Waals surface area (Å²) in [5.41, 5.74) is 2.69. The number of carbonyl (C=O) groups is 1. The molecule has 1 atom stereocenters. The summed E-state index contributed by atoms with van der Waals surface area (Å²) in [6, 6.07) is 6.34. The highest BCUT2D eigenvalue weighted by molar-refractivity contribution is 5.78. The Balaban J connectivity index is 2.68. The summed E-state index contributed by atoms with van der Waals surface area (Å²) < 4.78 is 5.55. The Morgan fingerprint density at radius 3 is 2.55 bits per heavy atom. The summed E-state index contributed by atoms with van der Waals surface area (Å²) in [5, 5.41) is 0. The van der Waals surface area contributed by atoms with Crippen molar-refractivity contribution in [3.63, 3.8) is 0 Å². The van der Waals surface area contributed by atoms with Crippen LogP contribution in [0.4, 0.5) is 0 Å². The van der Waals surface area contributed by atoms with Crippen LogP contribution in [0.2, 0.25) is 0 Å². The Morgan fingerprint density at radius 2 is 1.95 bits per heavy atom. The molecule has 0 aliphatic rings. The number of hydrogen-bond donors (Lipinski definition) is 0. The summed E-state index contributed by atoms with van der Waals surface area (Å²) in [4.78, 5) is 11.7. The van der Waals surface area contributed by atoms with Crippen molar-refractivity contribution in [3.05, 3.63) is 29.3 Å². The van der Waals surface area contributed by atoms with E-state index >= 15 is 0 Å². The molecule has 0 aromatic heterocycles. The fourth-order valence-electron chi connectivity index (χ4n) is 2.60. The van der Waals surface area contributed by atoms with E-state index in [9.17, 15) is 4.79 Å². The van der Waals surface area contributed by atoms with Gasteiger partial charge in [-0.15, -0.1) is 0 Å². The Morgan fingerprint density at radius 1 is 1.20 bits per heavy atom. The summed E-state index contributed by atoms with van der Waals surface area (Å²) in [5.74, 6) is 1.75. The lowest BCUT2D eigenvalue weighted by Crippen LogP contribution is -2.09. The van der Waals surface area contributed by atoms with Crippen LogP contribution in [0.5, 0.6) is 5.75 Å². The Labute approximate surface area is 123 Å². The van der Waals surface area contributed by atoms with E-state index < -0.39 is 0 Å². The summed E-state index contributed by atoms with van der Waals surface area (Å²) in [6.07, 6.45) is 4.35. The van der Waals surface area contributed by atoms with Gasteiger partial charge in [-0.3, -0.25) is 4.79 Å². The first-order chi connectivity index (χ1) is 9.60. The van der Waals surface area contributed by atoms with Crippen LogP contribution in [0, 0.1) is 5.92 Å². The van der Waals surface area contributed by atoms with E-state index in [4.69, 9.17) is 4.74 Å². The maximum absolute atomic E-state index is 11.7. The van der Waals surface area contributed by atoms with E-state index in [0.29, 0.717) is 31.1 Å². The van der Waals surface area contributed by atoms with Gasteiger partial charge in [0.1, 0.15) is 11.5 Å². The highest BCUT2D eigenvalue weighted by Crippen LogP contribution is 2.22. The average molecular weight is 276 g/mol. The molecule has 1 aromatic carbocycles. The third kappa shape index (κ3) is 5.36. The van der Waals surface area contributed by atoms with Crippen molar-refractivity contribution in [2.75, 3.05) is 6.61 Å². The van der Waals surface area contributed by atoms with Crippen LogP contribution >= 0.6 is 0 Å². The Kier molecular flexibility index (Phi) is 7.35. The molecule has 0 saturated heterocycles. The van der Waals surface area contributed by atoms with Crippen LogP contribution in [0.25, 0.3) is 0 Å². The molecule has 0 fully saturated rings. The normalized spacial score (nSPS) is 12.2. The first kappa shape index (κ1) is 16.7. The van der Waals surface area contributed by atoms with E-state index in [1.165, 1.54) is 11.1 Å². The molecule has 2 heteroatoms. The molecule has 0 bridgehead atoms. The number of hydrogen-bond acceptors (Lipinski definition) is 2. The van der Waals surface area contributed by atoms with Gasteiger partial charge in [-0.05, 0) is 55.4 Å². The fourth-order valence-corrected chi connectivity index (χ4v) is 2.60. The third-order valence-corrected chi connectivity index (χ3v) is 3.54. The van der Waals surface area contributed by atoms with Crippen molar-refractivity contribution in [2.24, 2.45) is 5.92 Å². The SMILES string of the molecule is CCCC(=O)CC(C)Cc1ccc(OCC)cc1CC. The molecule has 0 spiro atoms. The molecule has 0 aliphatic carbocycles. The van der Waals surface area contributed by atoms with Crippen molar-refractivity contribution in [3.8, 4) is 5.75 Å². The van der Waals surface area contributed by atoms with Crippen molar-refractivity contribution >= 4 is 5.78 Å². The van der Waals surface area contributed by atoms with Gasteiger partial charge in [-0.1, -0.05) is 26.8 Å². The number of ketones is 1. The Hall–Kier alpha value is -1.31. The molecule has 1 rings (SSSR count). The van der Waals surface area contributed by atoms with Crippen LogP contribution in [0.1, 0.15) is 58.1 Å². The highest BCUT2D eigenvalue weighted by Gasteiger charge is 2.12. The van der Waals surface area contributed by atoms with E-state index in [1.807, 2.05) is 13.0 Å². The quantitative estimate of drug-likeness (QED) is 0.659. The van der Waals surface area contributed by atoms with Crippen molar-refractivity contribution < 1.29 is 9.53 Å². The third-order valence-electron chi connectivity index (χ3n) is 3.54. The van der Waals surface area contributed by atoms with Crippen molar-refractivity contribution in [2.45, 2.75) is 59.8 Å². The maximum atomic E-state index is 11.7. The van der Waals surface area contributed by atoms with E-state index in [-0.39, 0.29) is 0 Å². The molecule has 1 unspecified atom stereocenters. The van der Waals surface area contributed by atoms with Gasteiger partial charge in [-0.25, -0.2) is 0 Å². The molecule has 2 nitrogen and oxygen atoms in total. The van der Waals surface area contributed by atoms with Crippen molar-refractivity contribution in [1.82, 2.24) is 0 Å². The fraction of sp³-hybridized carbons (Fsp3) is 0.611. The van der Waals surface area contributed by atoms with Gasteiger partial charge in [0.05, 0.1) is 6.61 Å². The molecular formula is C18H28O2. The predicted octanol–water partition coefficient (Wildman–Crippen LogP) is 4.59. The molecule has 0 amide bonds. The minimum absolute atomic E-state index is 0.393. The van der Waals surface area contributed by atoms with Gasteiger partial charge in [0.25, 0.3) is 0 Å². The van der Waals surface area contributed by atoms with Gasteiger partial charge in [0.15, 0.2) is 0 Å². The lowest BCUT2D eigenvalue weighted by atomic mass is 9.91. The van der Waals surface area contributed by atoms with Gasteiger partial charge >= 0.3 is 0 Å². The Bertz CT molecular complexity index is 423. The second kappa shape index (κ2) is 8.78. The lowest BCUT2D eigenvalue weighted by Gasteiger charge is -2.15. The van der Waals surface area contributed by atoms with Crippen molar-refractivity contribution in [1.29, 1.82) is 0 Å². The first-order valence-electron chi connectivity index (χ1n) is 7.86. The second-order valence-corrected chi connectivity index (χ2v) is 5.52. The zero-order valence-corrected chi connectivity index (χ0v) is 13.4. The number of carbonyl (C=O) groups excluding carboxylic acids is 1. The molecule has 0 heterocycles. The molecule has 0 aliphatic heterocycles. The van der Waals surface area contributed by atoms with Crippen LogP contribution in [-0.4, -0.2) is 12.4 Å². The molecule has 0 saturated carbocycles. The van der Waals surface area contributed by atoms with Gasteiger partial charge < -0.3 is 4.74 Å². The average Bonchev–Trinajstić information content (AvgIpc) is 2.40. The zero-order chi connectivity index (χ0) is 15.0. The summed E-state index contributed by atoms with van der Waals surface area (Å²) >= 11 is 0. The highest BCUT2D eigenvalue weighted by atomic mass is 16.5. The lowest BCUT2D eigenvalue weighted by molar-refractivity contribution is -0.119.